The van der Waals surface area contributed by atoms with Crippen LogP contribution in [0.25, 0.3) is 16.9 Å². The quantitative estimate of drug-likeness (QED) is 0.694. The molecule has 2 heterocycles. The maximum atomic E-state index is 12.2. The molecule has 0 aliphatic rings. The van der Waals surface area contributed by atoms with Gasteiger partial charge in [0.2, 0.25) is 0 Å². The minimum atomic E-state index is -0.821. The second-order valence-electron chi connectivity index (χ2n) is 4.90. The fourth-order valence-corrected chi connectivity index (χ4v) is 2.85. The van der Waals surface area contributed by atoms with Gasteiger partial charge in [-0.05, 0) is 25.1 Å². The normalized spacial score (nSPS) is 11.0. The Balaban J connectivity index is 2.29. The molecule has 7 nitrogen and oxygen atoms in total. The Bertz CT molecular complexity index is 1040. The largest absolute Gasteiger partial charge is 0.462 e. The molecule has 0 saturated carbocycles. The summed E-state index contributed by atoms with van der Waals surface area (Å²) in [4.78, 5) is 39.1. The van der Waals surface area contributed by atoms with Crippen LogP contribution in [0, 0.1) is 0 Å². The molecule has 0 radical (unpaired) electrons. The SMILES string of the molecule is CCOC(=O)c1c(=O)[nH]n2c(=O)cc(-c3cc(Cl)cc(Cl)c3)[nH]c12. The number of carbonyl (C=O) groups excluding carboxylic acids is 1. The number of carbonyl (C=O) groups is 1. The number of hydrogen-bond acceptors (Lipinski definition) is 4. The predicted molar refractivity (Wildman–Crippen MR) is 90.1 cm³/mol. The lowest BCUT2D eigenvalue weighted by molar-refractivity contribution is 0.0527. The number of fused-ring (bicyclic) bond motifs is 1. The molecule has 0 spiro atoms. The molecule has 0 saturated heterocycles. The number of hydrogen-bond donors (Lipinski definition) is 2. The van der Waals surface area contributed by atoms with E-state index in [-0.39, 0.29) is 17.8 Å². The van der Waals surface area contributed by atoms with Gasteiger partial charge in [-0.2, -0.15) is 4.52 Å². The standard InChI is InChI=1S/C15H11Cl2N3O4/c1-2-24-15(23)12-13-18-10(6-11(21)20(13)19-14(12)22)7-3-8(16)5-9(17)4-7/h3-6,18H,2H2,1H3,(H,19,22). The first-order valence-corrected chi connectivity index (χ1v) is 7.68. The zero-order valence-electron chi connectivity index (χ0n) is 12.4. The highest BCUT2D eigenvalue weighted by molar-refractivity contribution is 6.35. The lowest BCUT2D eigenvalue weighted by Gasteiger charge is -2.06. The Kier molecular flexibility index (Phi) is 4.21. The summed E-state index contributed by atoms with van der Waals surface area (Å²) in [6, 6.07) is 6.02. The van der Waals surface area contributed by atoms with Crippen molar-refractivity contribution in [2.45, 2.75) is 6.92 Å². The number of aromatic nitrogens is 3. The molecule has 124 valence electrons. The van der Waals surface area contributed by atoms with Gasteiger partial charge in [-0.25, -0.2) is 4.79 Å². The zero-order chi connectivity index (χ0) is 17.4. The first kappa shape index (κ1) is 16.4. The lowest BCUT2D eigenvalue weighted by Crippen LogP contribution is -2.16. The first-order chi connectivity index (χ1) is 11.4. The fraction of sp³-hybridized carbons (Fsp3) is 0.133. The van der Waals surface area contributed by atoms with Crippen molar-refractivity contribution in [2.75, 3.05) is 6.61 Å². The molecule has 0 unspecified atom stereocenters. The van der Waals surface area contributed by atoms with E-state index < -0.39 is 17.1 Å². The van der Waals surface area contributed by atoms with E-state index in [4.69, 9.17) is 27.9 Å². The summed E-state index contributed by atoms with van der Waals surface area (Å²) in [5.74, 6) is -0.821. The number of benzene rings is 1. The number of rotatable bonds is 3. The van der Waals surface area contributed by atoms with Crippen molar-refractivity contribution in [1.29, 1.82) is 0 Å². The van der Waals surface area contributed by atoms with Crippen LogP contribution < -0.4 is 11.1 Å². The number of H-pyrrole nitrogens is 2. The van der Waals surface area contributed by atoms with E-state index in [0.29, 0.717) is 21.3 Å². The molecule has 9 heteroatoms. The second kappa shape index (κ2) is 6.18. The van der Waals surface area contributed by atoms with E-state index in [9.17, 15) is 14.4 Å². The van der Waals surface area contributed by atoms with E-state index >= 15 is 0 Å². The van der Waals surface area contributed by atoms with Crippen LogP contribution >= 0.6 is 23.2 Å². The lowest BCUT2D eigenvalue weighted by atomic mass is 10.1. The van der Waals surface area contributed by atoms with Crippen molar-refractivity contribution in [1.82, 2.24) is 14.6 Å². The van der Waals surface area contributed by atoms with Crippen molar-refractivity contribution in [3.8, 4) is 11.3 Å². The zero-order valence-corrected chi connectivity index (χ0v) is 13.9. The highest BCUT2D eigenvalue weighted by atomic mass is 35.5. The molecule has 2 N–H and O–H groups in total. The number of nitrogens with one attached hydrogen (secondary N) is 2. The van der Waals surface area contributed by atoms with Gasteiger partial charge in [0.15, 0.2) is 11.2 Å². The summed E-state index contributed by atoms with van der Waals surface area (Å²) in [7, 11) is 0. The number of halogens is 2. The second-order valence-corrected chi connectivity index (χ2v) is 5.77. The third-order valence-electron chi connectivity index (χ3n) is 3.30. The van der Waals surface area contributed by atoms with Crippen molar-refractivity contribution < 1.29 is 9.53 Å². The summed E-state index contributed by atoms with van der Waals surface area (Å²) in [6.07, 6.45) is 0. The van der Waals surface area contributed by atoms with Crippen molar-refractivity contribution in [3.63, 3.8) is 0 Å². The van der Waals surface area contributed by atoms with E-state index in [1.807, 2.05) is 0 Å². The van der Waals surface area contributed by atoms with Crippen LogP contribution in [-0.2, 0) is 4.74 Å². The Hall–Kier alpha value is -2.51. The topological polar surface area (TPSA) is 96.4 Å². The third-order valence-corrected chi connectivity index (χ3v) is 3.73. The maximum absolute atomic E-state index is 12.2. The van der Waals surface area contributed by atoms with Gasteiger partial charge < -0.3 is 9.72 Å². The van der Waals surface area contributed by atoms with Crippen LogP contribution in [0.3, 0.4) is 0 Å². The average Bonchev–Trinajstić information content (AvgIpc) is 2.83. The van der Waals surface area contributed by atoms with Crippen molar-refractivity contribution in [3.05, 3.63) is 60.6 Å². The highest BCUT2D eigenvalue weighted by Crippen LogP contribution is 2.25. The van der Waals surface area contributed by atoms with Gasteiger partial charge in [-0.3, -0.25) is 14.7 Å². The molecular formula is C15H11Cl2N3O4. The smallest absolute Gasteiger partial charge is 0.347 e. The molecule has 1 aromatic carbocycles. The number of aromatic amines is 2. The average molecular weight is 368 g/mol. The Morgan fingerprint density at radius 1 is 1.17 bits per heavy atom. The summed E-state index contributed by atoms with van der Waals surface area (Å²) >= 11 is 11.9. The van der Waals surface area contributed by atoms with Crippen molar-refractivity contribution in [2.24, 2.45) is 0 Å². The molecule has 0 fully saturated rings. The number of esters is 1. The summed E-state index contributed by atoms with van der Waals surface area (Å²) in [5, 5.41) is 3.07. The van der Waals surface area contributed by atoms with E-state index in [1.54, 1.807) is 25.1 Å². The van der Waals surface area contributed by atoms with Gasteiger partial charge in [0.05, 0.1) is 12.3 Å². The van der Waals surface area contributed by atoms with Gasteiger partial charge in [0.1, 0.15) is 0 Å². The molecule has 0 amide bonds. The minimum Gasteiger partial charge on any atom is -0.462 e. The van der Waals surface area contributed by atoms with Crippen LogP contribution in [0.1, 0.15) is 17.3 Å². The predicted octanol–water partition coefficient (Wildman–Crippen LogP) is 2.47. The first-order valence-electron chi connectivity index (χ1n) is 6.92. The van der Waals surface area contributed by atoms with E-state index in [0.717, 1.165) is 4.52 Å². The van der Waals surface area contributed by atoms with Crippen LogP contribution in [0.5, 0.6) is 0 Å². The van der Waals surface area contributed by atoms with Crippen molar-refractivity contribution >= 4 is 34.8 Å². The number of ether oxygens (including phenoxy) is 1. The number of nitrogens with zero attached hydrogens (tertiary/aromatic N) is 1. The molecule has 0 aliphatic heterocycles. The van der Waals surface area contributed by atoms with Gasteiger partial charge in [-0.1, -0.05) is 23.2 Å². The van der Waals surface area contributed by atoms with Crippen LogP contribution in [0.4, 0.5) is 0 Å². The molecule has 3 aromatic rings. The van der Waals surface area contributed by atoms with E-state index in [1.165, 1.54) is 6.07 Å². The highest BCUT2D eigenvalue weighted by Gasteiger charge is 2.21. The van der Waals surface area contributed by atoms with Gasteiger partial charge in [-0.15, -0.1) is 0 Å². The summed E-state index contributed by atoms with van der Waals surface area (Å²) < 4.78 is 5.81. The monoisotopic (exact) mass is 367 g/mol. The molecule has 0 atom stereocenters. The molecular weight excluding hydrogens is 357 g/mol. The molecule has 24 heavy (non-hydrogen) atoms. The van der Waals surface area contributed by atoms with Crippen LogP contribution in [-0.4, -0.2) is 27.2 Å². The van der Waals surface area contributed by atoms with Gasteiger partial charge in [0, 0.05) is 21.7 Å². The Morgan fingerprint density at radius 3 is 2.46 bits per heavy atom. The third kappa shape index (κ3) is 2.83. The summed E-state index contributed by atoms with van der Waals surface area (Å²) in [6.45, 7) is 1.72. The van der Waals surface area contributed by atoms with Gasteiger partial charge >= 0.3 is 5.97 Å². The van der Waals surface area contributed by atoms with Gasteiger partial charge in [0.25, 0.3) is 11.1 Å². The molecule has 0 aliphatic carbocycles. The Labute approximate surface area is 144 Å². The van der Waals surface area contributed by atoms with Crippen LogP contribution in [0.2, 0.25) is 10.0 Å². The molecule has 0 bridgehead atoms. The summed E-state index contributed by atoms with van der Waals surface area (Å²) in [5.41, 5.74) is -0.615. The Morgan fingerprint density at radius 2 is 1.83 bits per heavy atom. The molecule has 3 rings (SSSR count). The van der Waals surface area contributed by atoms with Crippen LogP contribution in [0.15, 0.2) is 33.9 Å². The minimum absolute atomic E-state index is 0.0112. The van der Waals surface area contributed by atoms with E-state index in [2.05, 4.69) is 10.1 Å². The fourth-order valence-electron chi connectivity index (χ4n) is 2.33. The molecule has 2 aromatic heterocycles. The maximum Gasteiger partial charge on any atom is 0.347 e.